The van der Waals surface area contributed by atoms with Gasteiger partial charge in [-0.2, -0.15) is 5.26 Å². The van der Waals surface area contributed by atoms with Crippen LogP contribution in [0, 0.1) is 23.1 Å². The van der Waals surface area contributed by atoms with Crippen LogP contribution in [0.4, 0.5) is 4.39 Å². The predicted octanol–water partition coefficient (Wildman–Crippen LogP) is 2.59. The zero-order chi connectivity index (χ0) is 14.1. The third kappa shape index (κ3) is 5.37. The first-order valence-corrected chi connectivity index (χ1v) is 6.71. The molecule has 1 rings (SSSR count). The van der Waals surface area contributed by atoms with Crippen LogP contribution in [0.15, 0.2) is 18.2 Å². The zero-order valence-corrected chi connectivity index (χ0v) is 11.3. The lowest BCUT2D eigenvalue weighted by atomic mass is 10.00. The molecule has 0 saturated heterocycles. The Morgan fingerprint density at radius 2 is 2.21 bits per heavy atom. The van der Waals surface area contributed by atoms with Crippen molar-refractivity contribution in [3.63, 3.8) is 0 Å². The van der Waals surface area contributed by atoms with Crippen LogP contribution in [0.2, 0.25) is 0 Å². The molecule has 0 aromatic heterocycles. The summed E-state index contributed by atoms with van der Waals surface area (Å²) in [6.07, 6.45) is 2.98. The molecule has 1 aromatic carbocycles. The number of aliphatic hydroxyl groups excluding tert-OH is 1. The molecule has 0 fully saturated rings. The number of hydrogen-bond donors (Lipinski definition) is 2. The summed E-state index contributed by atoms with van der Waals surface area (Å²) in [4.78, 5) is 0. The van der Waals surface area contributed by atoms with Gasteiger partial charge in [0.15, 0.2) is 0 Å². The Labute approximate surface area is 114 Å². The molecular formula is C15H21FN2O. The second-order valence-corrected chi connectivity index (χ2v) is 4.72. The summed E-state index contributed by atoms with van der Waals surface area (Å²) in [6.45, 7) is 3.78. The van der Waals surface area contributed by atoms with Gasteiger partial charge in [-0.25, -0.2) is 4.39 Å². The molecule has 1 aromatic rings. The van der Waals surface area contributed by atoms with Crippen molar-refractivity contribution in [2.75, 3.05) is 13.2 Å². The van der Waals surface area contributed by atoms with Gasteiger partial charge in [-0.3, -0.25) is 0 Å². The number of nitriles is 1. The molecule has 0 amide bonds. The summed E-state index contributed by atoms with van der Waals surface area (Å²) in [7, 11) is 0. The highest BCUT2D eigenvalue weighted by molar-refractivity contribution is 5.34. The van der Waals surface area contributed by atoms with Crippen molar-refractivity contribution in [2.24, 2.45) is 5.92 Å². The number of nitrogens with one attached hydrogen (secondary N) is 1. The molecule has 0 spiro atoms. The van der Waals surface area contributed by atoms with Crippen LogP contribution in [0.25, 0.3) is 0 Å². The van der Waals surface area contributed by atoms with Crippen molar-refractivity contribution in [2.45, 2.75) is 32.7 Å². The van der Waals surface area contributed by atoms with Gasteiger partial charge in [-0.15, -0.1) is 0 Å². The highest BCUT2D eigenvalue weighted by Crippen LogP contribution is 2.11. The van der Waals surface area contributed by atoms with Gasteiger partial charge in [-0.1, -0.05) is 19.4 Å². The smallest absolute Gasteiger partial charge is 0.140 e. The maximum atomic E-state index is 13.2. The molecule has 104 valence electrons. The average molecular weight is 264 g/mol. The Bertz CT molecular complexity index is 423. The van der Waals surface area contributed by atoms with Gasteiger partial charge in [0, 0.05) is 13.2 Å². The number of aliphatic hydroxyl groups is 1. The fraction of sp³-hybridized carbons (Fsp3) is 0.533. The van der Waals surface area contributed by atoms with Gasteiger partial charge in [0.1, 0.15) is 11.9 Å². The molecule has 19 heavy (non-hydrogen) atoms. The second kappa shape index (κ2) is 8.63. The minimum Gasteiger partial charge on any atom is -0.396 e. The van der Waals surface area contributed by atoms with E-state index in [4.69, 9.17) is 10.4 Å². The van der Waals surface area contributed by atoms with E-state index in [-0.39, 0.29) is 12.2 Å². The normalized spacial score (nSPS) is 12.1. The zero-order valence-electron chi connectivity index (χ0n) is 11.3. The quantitative estimate of drug-likeness (QED) is 0.758. The van der Waals surface area contributed by atoms with Crippen LogP contribution >= 0.6 is 0 Å². The van der Waals surface area contributed by atoms with E-state index in [0.717, 1.165) is 31.4 Å². The SMILES string of the molecule is CCCC(CCO)CNCc1ccc(F)c(C#N)c1. The van der Waals surface area contributed by atoms with Crippen molar-refractivity contribution < 1.29 is 9.50 Å². The van der Waals surface area contributed by atoms with E-state index in [1.54, 1.807) is 12.1 Å². The van der Waals surface area contributed by atoms with Gasteiger partial charge >= 0.3 is 0 Å². The summed E-state index contributed by atoms with van der Waals surface area (Å²) in [5.41, 5.74) is 0.983. The second-order valence-electron chi connectivity index (χ2n) is 4.72. The van der Waals surface area contributed by atoms with Gasteiger partial charge in [-0.05, 0) is 43.0 Å². The first kappa shape index (κ1) is 15.6. The van der Waals surface area contributed by atoms with E-state index in [2.05, 4.69) is 12.2 Å². The molecule has 0 aliphatic rings. The van der Waals surface area contributed by atoms with Crippen LogP contribution in [0.5, 0.6) is 0 Å². The highest BCUT2D eigenvalue weighted by Gasteiger charge is 2.07. The largest absolute Gasteiger partial charge is 0.396 e. The minimum atomic E-state index is -0.476. The molecule has 0 bridgehead atoms. The van der Waals surface area contributed by atoms with Crippen LogP contribution in [-0.4, -0.2) is 18.3 Å². The predicted molar refractivity (Wildman–Crippen MR) is 72.9 cm³/mol. The van der Waals surface area contributed by atoms with Crippen LogP contribution in [0.1, 0.15) is 37.3 Å². The first-order valence-electron chi connectivity index (χ1n) is 6.71. The third-order valence-electron chi connectivity index (χ3n) is 3.15. The number of nitrogens with zero attached hydrogens (tertiary/aromatic N) is 1. The fourth-order valence-electron chi connectivity index (χ4n) is 2.13. The molecule has 0 radical (unpaired) electrons. The fourth-order valence-corrected chi connectivity index (χ4v) is 2.13. The van der Waals surface area contributed by atoms with Crippen LogP contribution in [0.3, 0.4) is 0 Å². The Kier molecular flexibility index (Phi) is 7.09. The Morgan fingerprint density at radius 1 is 1.42 bits per heavy atom. The molecule has 0 heterocycles. The van der Waals surface area contributed by atoms with Gasteiger partial charge < -0.3 is 10.4 Å². The Hall–Kier alpha value is -1.44. The molecule has 4 heteroatoms. The maximum absolute atomic E-state index is 13.2. The monoisotopic (exact) mass is 264 g/mol. The molecule has 3 nitrogen and oxygen atoms in total. The lowest BCUT2D eigenvalue weighted by Gasteiger charge is -2.15. The molecule has 0 aliphatic carbocycles. The number of halogens is 1. The van der Waals surface area contributed by atoms with E-state index in [0.29, 0.717) is 12.5 Å². The van der Waals surface area contributed by atoms with E-state index in [9.17, 15) is 4.39 Å². The van der Waals surface area contributed by atoms with E-state index in [1.165, 1.54) is 6.07 Å². The van der Waals surface area contributed by atoms with Crippen molar-refractivity contribution >= 4 is 0 Å². The molecule has 0 saturated carbocycles. The third-order valence-corrected chi connectivity index (χ3v) is 3.15. The van der Waals surface area contributed by atoms with Gasteiger partial charge in [0.25, 0.3) is 0 Å². The van der Waals surface area contributed by atoms with Crippen LogP contribution < -0.4 is 5.32 Å². The van der Waals surface area contributed by atoms with Crippen molar-refractivity contribution in [1.29, 1.82) is 5.26 Å². The van der Waals surface area contributed by atoms with Crippen molar-refractivity contribution in [1.82, 2.24) is 5.32 Å². The molecule has 1 unspecified atom stereocenters. The number of hydrogen-bond acceptors (Lipinski definition) is 3. The summed E-state index contributed by atoms with van der Waals surface area (Å²) >= 11 is 0. The standard InChI is InChI=1S/C15H21FN2O/c1-2-3-12(6-7-19)10-18-11-13-4-5-15(16)14(8-13)9-17/h4-5,8,12,18-19H,2-3,6-7,10-11H2,1H3. The summed E-state index contributed by atoms with van der Waals surface area (Å²) < 4.78 is 13.2. The Balaban J connectivity index is 2.46. The summed E-state index contributed by atoms with van der Waals surface area (Å²) in [5.74, 6) is -0.0127. The minimum absolute atomic E-state index is 0.0831. The molecule has 1 atom stereocenters. The van der Waals surface area contributed by atoms with E-state index < -0.39 is 5.82 Å². The molecular weight excluding hydrogens is 243 g/mol. The highest BCUT2D eigenvalue weighted by atomic mass is 19.1. The van der Waals surface area contributed by atoms with Crippen LogP contribution in [-0.2, 0) is 6.54 Å². The Morgan fingerprint density at radius 3 is 2.84 bits per heavy atom. The van der Waals surface area contributed by atoms with Crippen molar-refractivity contribution in [3.8, 4) is 6.07 Å². The van der Waals surface area contributed by atoms with Gasteiger partial charge in [0.2, 0.25) is 0 Å². The number of rotatable bonds is 8. The van der Waals surface area contributed by atoms with E-state index in [1.807, 2.05) is 6.07 Å². The number of benzene rings is 1. The van der Waals surface area contributed by atoms with Crippen molar-refractivity contribution in [3.05, 3.63) is 35.1 Å². The first-order chi connectivity index (χ1) is 9.21. The average Bonchev–Trinajstić information content (AvgIpc) is 2.41. The molecule has 0 aliphatic heterocycles. The topological polar surface area (TPSA) is 56.0 Å². The maximum Gasteiger partial charge on any atom is 0.140 e. The lowest BCUT2D eigenvalue weighted by molar-refractivity contribution is 0.248. The lowest BCUT2D eigenvalue weighted by Crippen LogP contribution is -2.23. The summed E-state index contributed by atoms with van der Waals surface area (Å²) in [6, 6.07) is 6.42. The van der Waals surface area contributed by atoms with Gasteiger partial charge in [0.05, 0.1) is 5.56 Å². The molecule has 2 N–H and O–H groups in total. The van der Waals surface area contributed by atoms with E-state index >= 15 is 0 Å². The summed E-state index contributed by atoms with van der Waals surface area (Å²) in [5, 5.41) is 21.0.